The molecule has 3 aliphatic carbocycles. The topological polar surface area (TPSA) is 256 Å². The number of nitrogens with zero attached hydrogens (tertiary/aromatic N) is 1. The number of likely N-dealkylation sites (tertiary alicyclic amines) is 1. The summed E-state index contributed by atoms with van der Waals surface area (Å²) in [5, 5.41) is 28.9. The molecule has 0 aromatic rings. The second-order valence-electron chi connectivity index (χ2n) is 17.2. The second-order valence-corrected chi connectivity index (χ2v) is 17.2. The van der Waals surface area contributed by atoms with E-state index in [2.05, 4.69) is 42.0 Å². The van der Waals surface area contributed by atoms with E-state index in [-0.39, 0.29) is 23.8 Å². The molecule has 0 spiro atoms. The first-order valence-electron chi connectivity index (χ1n) is 19.7. The Balaban J connectivity index is 1.41. The third-order valence-electron chi connectivity index (χ3n) is 12.4. The molecule has 17 nitrogen and oxygen atoms in total. The van der Waals surface area contributed by atoms with Crippen LogP contribution in [0.3, 0.4) is 0 Å². The molecular weight excluding hydrogens is 715 g/mol. The molecule has 2 bridgehead atoms. The molecule has 18 heteroatoms. The Labute approximate surface area is 323 Å². The fourth-order valence-corrected chi connectivity index (χ4v) is 8.84. The molecule has 2 aliphatic heterocycles. The lowest BCUT2D eigenvalue weighted by molar-refractivity contribution is -0.199. The van der Waals surface area contributed by atoms with Crippen LogP contribution < -0.4 is 27.0 Å². The van der Waals surface area contributed by atoms with E-state index >= 15 is 0 Å². The van der Waals surface area contributed by atoms with Gasteiger partial charge in [-0.05, 0) is 74.5 Å². The number of rotatable bonds is 18. The Hall–Kier alpha value is -3.77. The van der Waals surface area contributed by atoms with Gasteiger partial charge in [0, 0.05) is 13.0 Å². The summed E-state index contributed by atoms with van der Waals surface area (Å²) in [7, 11) is -0.617. The Kier molecular flexibility index (Phi) is 14.0. The van der Waals surface area contributed by atoms with Gasteiger partial charge in [0.15, 0.2) is 0 Å². The largest absolute Gasteiger partial charge is 0.481 e. The second kappa shape index (κ2) is 17.6. The van der Waals surface area contributed by atoms with Crippen LogP contribution >= 0.6 is 0 Å². The number of aliphatic carboxylic acids is 2. The van der Waals surface area contributed by atoms with E-state index < -0.39 is 109 Å². The fraction of sp³-hybridized carbons (Fsp3) is 0.811. The minimum atomic E-state index is -1.50. The molecule has 5 rings (SSSR count). The molecule has 5 aliphatic rings. The van der Waals surface area contributed by atoms with Gasteiger partial charge in [-0.25, -0.2) is 0 Å². The summed E-state index contributed by atoms with van der Waals surface area (Å²) in [5.74, 6) is -6.33. The fourth-order valence-electron chi connectivity index (χ4n) is 8.84. The van der Waals surface area contributed by atoms with Gasteiger partial charge < -0.3 is 51.4 Å². The van der Waals surface area contributed by atoms with E-state index in [1.54, 1.807) is 27.7 Å². The first kappa shape index (κ1) is 44.0. The Morgan fingerprint density at radius 1 is 0.873 bits per heavy atom. The zero-order valence-electron chi connectivity index (χ0n) is 33.4. The average molecular weight is 777 g/mol. The molecule has 8 N–H and O–H groups in total. The van der Waals surface area contributed by atoms with E-state index in [1.165, 1.54) is 4.90 Å². The van der Waals surface area contributed by atoms with Crippen molar-refractivity contribution >= 4 is 48.6 Å². The Morgan fingerprint density at radius 3 is 2.07 bits per heavy atom. The monoisotopic (exact) mass is 776 g/mol. The summed E-state index contributed by atoms with van der Waals surface area (Å²) in [6.07, 6.45) is 1.95. The lowest BCUT2D eigenvalue weighted by atomic mass is 9.43. The number of nitrogens with two attached hydrogens (primary N) is 1. The molecule has 10 atom stereocenters. The highest BCUT2D eigenvalue weighted by molar-refractivity contribution is 6.47. The molecule has 2 saturated heterocycles. The van der Waals surface area contributed by atoms with E-state index in [9.17, 15) is 38.7 Å². The van der Waals surface area contributed by atoms with Crippen LogP contribution in [0.25, 0.3) is 0 Å². The van der Waals surface area contributed by atoms with Crippen molar-refractivity contribution in [2.75, 3.05) is 6.54 Å². The Bertz CT molecular complexity index is 1490. The molecule has 3 saturated carbocycles. The maximum atomic E-state index is 14.1. The number of carbonyl (C=O) groups is 7. The van der Waals surface area contributed by atoms with Crippen LogP contribution in [0.2, 0.25) is 0 Å². The lowest BCUT2D eigenvalue weighted by Gasteiger charge is -2.64. The maximum absolute atomic E-state index is 14.1. The standard InChI is InChI=1S/C37H61BN6O11/c1-9-26(38-54-25-16-20-15-24(36(20,6)7)37(25,8)55-38)41-33(51)23-11-10-14-44(23)35(53)30(19(4)5)43-34(52)29(18(2)3)42-32(50)22(12-13-27(45)46)40-31(49)21(39)17-28(47)48/h18-26,29-30H,9-17,39H2,1-8H3,(H,40,49)(H,41,51)(H,42,50)(H,43,52)(H,45,46)(H,47,48)/t20-,21-,22-,23-,24+,25+,26-,29-,30-,37-/m0/s1. The summed E-state index contributed by atoms with van der Waals surface area (Å²) in [6.45, 7) is 15.8. The summed E-state index contributed by atoms with van der Waals surface area (Å²) < 4.78 is 13.1. The van der Waals surface area contributed by atoms with Gasteiger partial charge in [-0.15, -0.1) is 0 Å². The van der Waals surface area contributed by atoms with Gasteiger partial charge in [0.05, 0.1) is 30.1 Å². The van der Waals surface area contributed by atoms with Crippen LogP contribution in [0, 0.1) is 29.1 Å². The third-order valence-corrected chi connectivity index (χ3v) is 12.4. The zero-order valence-corrected chi connectivity index (χ0v) is 33.4. The molecule has 5 fully saturated rings. The highest BCUT2D eigenvalue weighted by atomic mass is 16.7. The van der Waals surface area contributed by atoms with E-state index in [4.69, 9.17) is 20.1 Å². The maximum Gasteiger partial charge on any atom is 0.481 e. The summed E-state index contributed by atoms with van der Waals surface area (Å²) in [5.41, 5.74) is 5.37. The van der Waals surface area contributed by atoms with Crippen molar-refractivity contribution in [3.05, 3.63) is 0 Å². The molecule has 0 aromatic carbocycles. The van der Waals surface area contributed by atoms with E-state index in [0.717, 1.165) is 12.8 Å². The van der Waals surface area contributed by atoms with Crippen LogP contribution in [0.1, 0.15) is 107 Å². The van der Waals surface area contributed by atoms with E-state index in [1.807, 2.05) is 6.92 Å². The minimum absolute atomic E-state index is 0.0452. The smallest absolute Gasteiger partial charge is 0.481 e. The lowest BCUT2D eigenvalue weighted by Crippen LogP contribution is -2.65. The number of hydrogen-bond acceptors (Lipinski definition) is 10. The predicted molar refractivity (Wildman–Crippen MR) is 200 cm³/mol. The third kappa shape index (κ3) is 9.62. The summed E-state index contributed by atoms with van der Waals surface area (Å²) >= 11 is 0. The minimum Gasteiger partial charge on any atom is -0.481 e. The van der Waals surface area contributed by atoms with Crippen LogP contribution in [0.4, 0.5) is 0 Å². The highest BCUT2D eigenvalue weighted by Crippen LogP contribution is 2.65. The molecule has 2 heterocycles. The first-order chi connectivity index (χ1) is 25.6. The first-order valence-corrected chi connectivity index (χ1v) is 19.7. The quantitative estimate of drug-likeness (QED) is 0.0944. The number of nitrogens with one attached hydrogen (secondary N) is 4. The van der Waals surface area contributed by atoms with Gasteiger partial charge in [0.1, 0.15) is 24.2 Å². The Morgan fingerprint density at radius 2 is 1.51 bits per heavy atom. The molecule has 308 valence electrons. The zero-order chi connectivity index (χ0) is 41.2. The highest BCUT2D eigenvalue weighted by Gasteiger charge is 2.68. The van der Waals surface area contributed by atoms with Crippen LogP contribution in [-0.4, -0.2) is 118 Å². The molecule has 5 amide bonds. The van der Waals surface area contributed by atoms with Crippen molar-refractivity contribution in [3.63, 3.8) is 0 Å². The molecular formula is C37H61BN6O11. The van der Waals surface area contributed by atoms with Crippen molar-refractivity contribution < 1.29 is 53.1 Å². The number of carbonyl (C=O) groups excluding carboxylic acids is 5. The molecule has 0 unspecified atom stereocenters. The number of hydrogen-bond donors (Lipinski definition) is 7. The summed E-state index contributed by atoms with van der Waals surface area (Å²) in [6, 6.07) is -6.00. The van der Waals surface area contributed by atoms with Crippen molar-refractivity contribution in [2.45, 2.75) is 155 Å². The van der Waals surface area contributed by atoms with Gasteiger partial charge in [-0.1, -0.05) is 48.5 Å². The molecule has 55 heavy (non-hydrogen) atoms. The number of carboxylic acids is 2. The number of carboxylic acid groups (broad SMARTS) is 2. The van der Waals surface area contributed by atoms with Gasteiger partial charge in [0.25, 0.3) is 0 Å². The SMILES string of the molecule is CC[C@H](NC(=O)[C@@H]1CCCN1C(=O)[C@@H](NC(=O)[C@@H](NC(=O)[C@H](CCC(=O)O)NC(=O)[C@@H](N)CC(=O)O)C(C)C)C(C)C)B1O[C@@H]2C[C@@H]3C[C@H](C3(C)C)[C@]2(C)O1. The molecule has 0 radical (unpaired) electrons. The van der Waals surface area contributed by atoms with Gasteiger partial charge in [-0.2, -0.15) is 0 Å². The van der Waals surface area contributed by atoms with Crippen LogP contribution in [0.5, 0.6) is 0 Å². The van der Waals surface area contributed by atoms with Crippen LogP contribution in [-0.2, 0) is 42.9 Å². The van der Waals surface area contributed by atoms with Crippen molar-refractivity contribution in [2.24, 2.45) is 34.8 Å². The average Bonchev–Trinajstić information content (AvgIpc) is 3.73. The summed E-state index contributed by atoms with van der Waals surface area (Å²) in [4.78, 5) is 91.5. The van der Waals surface area contributed by atoms with Crippen molar-refractivity contribution in [3.8, 4) is 0 Å². The van der Waals surface area contributed by atoms with Crippen molar-refractivity contribution in [1.29, 1.82) is 0 Å². The van der Waals surface area contributed by atoms with E-state index in [0.29, 0.717) is 37.6 Å². The van der Waals surface area contributed by atoms with Crippen LogP contribution in [0.15, 0.2) is 0 Å². The van der Waals surface area contributed by atoms with Gasteiger partial charge >= 0.3 is 19.1 Å². The number of amides is 5. The molecule has 0 aromatic heterocycles. The van der Waals surface area contributed by atoms with Gasteiger partial charge in [-0.3, -0.25) is 33.6 Å². The predicted octanol–water partition coefficient (Wildman–Crippen LogP) is 0.573. The normalized spacial score (nSPS) is 27.9. The van der Waals surface area contributed by atoms with Crippen molar-refractivity contribution in [1.82, 2.24) is 26.2 Å². The van der Waals surface area contributed by atoms with Gasteiger partial charge in [0.2, 0.25) is 29.5 Å².